The van der Waals surface area contributed by atoms with Crippen molar-refractivity contribution >= 4 is 40.9 Å². The molecule has 10 heteroatoms. The smallest absolute Gasteiger partial charge is 0.339 e. The summed E-state index contributed by atoms with van der Waals surface area (Å²) in [5.41, 5.74) is 3.16. The molecule has 0 fully saturated rings. The van der Waals surface area contributed by atoms with E-state index in [9.17, 15) is 24.3 Å². The third kappa shape index (κ3) is 10.2. The van der Waals surface area contributed by atoms with Crippen molar-refractivity contribution in [3.8, 4) is 5.75 Å². The molecule has 0 atom stereocenters. The summed E-state index contributed by atoms with van der Waals surface area (Å²) in [6.07, 6.45) is 0.152. The number of aromatic carboxylic acids is 1. The summed E-state index contributed by atoms with van der Waals surface area (Å²) in [4.78, 5) is 46.9. The van der Waals surface area contributed by atoms with Crippen molar-refractivity contribution in [1.82, 2.24) is 0 Å². The fraction of sp³-hybridized carbons (Fsp3) is 0.241. The van der Waals surface area contributed by atoms with Gasteiger partial charge >= 0.3 is 18.0 Å². The van der Waals surface area contributed by atoms with Gasteiger partial charge in [-0.05, 0) is 54.8 Å². The topological polar surface area (TPSA) is 154 Å². The molecule has 0 aliphatic rings. The van der Waals surface area contributed by atoms with Crippen LogP contribution in [0.15, 0.2) is 66.7 Å². The molecule has 0 unspecified atom stereocenters. The molecule has 0 aromatic heterocycles. The summed E-state index contributed by atoms with van der Waals surface area (Å²) in [6.45, 7) is 5.92. The van der Waals surface area contributed by atoms with E-state index in [1.807, 2.05) is 39.0 Å². The quantitative estimate of drug-likeness (QED) is 0.195. The highest BCUT2D eigenvalue weighted by Crippen LogP contribution is 2.24. The number of carboxylic acid groups (broad SMARTS) is 2. The third-order valence-corrected chi connectivity index (χ3v) is 5.26. The van der Waals surface area contributed by atoms with E-state index in [4.69, 9.17) is 9.84 Å². The summed E-state index contributed by atoms with van der Waals surface area (Å²) < 4.78 is 5.44. The van der Waals surface area contributed by atoms with Crippen LogP contribution in [0.25, 0.3) is 0 Å². The summed E-state index contributed by atoms with van der Waals surface area (Å²) in [7, 11) is 0. The number of carbonyl (C=O) groups excluding carboxylic acids is 2. The molecule has 0 radical (unpaired) electrons. The van der Waals surface area contributed by atoms with Gasteiger partial charge in [-0.15, -0.1) is 0 Å². The minimum Gasteiger partial charge on any atom is -0.493 e. The molecular weight excluding hydrogens is 502 g/mol. The van der Waals surface area contributed by atoms with E-state index in [1.165, 1.54) is 18.2 Å². The van der Waals surface area contributed by atoms with Gasteiger partial charge in [0.2, 0.25) is 5.91 Å². The molecule has 0 saturated carbocycles. The van der Waals surface area contributed by atoms with Crippen molar-refractivity contribution in [3.63, 3.8) is 0 Å². The molecule has 0 bridgehead atoms. The Morgan fingerprint density at radius 3 is 2.13 bits per heavy atom. The molecule has 5 N–H and O–H groups in total. The van der Waals surface area contributed by atoms with Gasteiger partial charge < -0.3 is 30.9 Å². The maximum atomic E-state index is 12.5. The number of hydrogen-bond acceptors (Lipinski definition) is 5. The number of ether oxygens (including phenoxy) is 1. The first kappa shape index (κ1) is 30.4. The second-order valence-corrected chi connectivity index (χ2v) is 8.18. The number of aliphatic carboxylic acids is 1. The third-order valence-electron chi connectivity index (χ3n) is 5.26. The van der Waals surface area contributed by atoms with Crippen LogP contribution < -0.4 is 20.7 Å². The summed E-state index contributed by atoms with van der Waals surface area (Å²) in [6, 6.07) is 18.0. The number of urea groups is 1. The van der Waals surface area contributed by atoms with Crippen LogP contribution in [0.4, 0.5) is 21.9 Å². The zero-order valence-corrected chi connectivity index (χ0v) is 22.1. The van der Waals surface area contributed by atoms with Gasteiger partial charge in [0.25, 0.3) is 0 Å². The Bertz CT molecular complexity index is 1290. The second kappa shape index (κ2) is 15.4. The van der Waals surface area contributed by atoms with Gasteiger partial charge in [-0.2, -0.15) is 0 Å². The first-order valence-electron chi connectivity index (χ1n) is 12.5. The molecule has 0 aliphatic heterocycles. The number of carbonyl (C=O) groups is 4. The van der Waals surface area contributed by atoms with Crippen molar-refractivity contribution in [3.05, 3.63) is 83.4 Å². The number of aryl methyl sites for hydroxylation is 1. The number of carboxylic acids is 2. The van der Waals surface area contributed by atoms with E-state index in [0.29, 0.717) is 22.6 Å². The molecule has 10 nitrogen and oxygen atoms in total. The Morgan fingerprint density at radius 2 is 1.49 bits per heavy atom. The first-order chi connectivity index (χ1) is 18.7. The molecular formula is C29H33N3O7. The van der Waals surface area contributed by atoms with Crippen molar-refractivity contribution in [2.24, 2.45) is 0 Å². The van der Waals surface area contributed by atoms with Crippen molar-refractivity contribution in [2.75, 3.05) is 22.6 Å². The number of nitrogens with one attached hydrogen (secondary N) is 3. The molecule has 3 aromatic rings. The lowest BCUT2D eigenvalue weighted by Crippen LogP contribution is -2.20. The molecule has 0 aliphatic carbocycles. The van der Waals surface area contributed by atoms with Crippen LogP contribution in [0.5, 0.6) is 5.75 Å². The number of amides is 3. The number of benzene rings is 3. The minimum absolute atomic E-state index is 0.0212. The van der Waals surface area contributed by atoms with Crippen LogP contribution in [0.1, 0.15) is 48.2 Å². The Labute approximate surface area is 227 Å². The molecule has 0 heterocycles. The molecule has 3 rings (SSSR count). The molecule has 0 spiro atoms. The van der Waals surface area contributed by atoms with Gasteiger partial charge in [-0.25, -0.2) is 9.59 Å². The monoisotopic (exact) mass is 535 g/mol. The van der Waals surface area contributed by atoms with Gasteiger partial charge in [-0.3, -0.25) is 9.59 Å². The zero-order chi connectivity index (χ0) is 28.8. The van der Waals surface area contributed by atoms with E-state index in [2.05, 4.69) is 16.0 Å². The number of para-hydroxylation sites is 1. The van der Waals surface area contributed by atoms with Gasteiger partial charge in [0.05, 0.1) is 13.0 Å². The predicted molar refractivity (Wildman–Crippen MR) is 150 cm³/mol. The van der Waals surface area contributed by atoms with Crippen LogP contribution in [-0.4, -0.2) is 40.7 Å². The van der Waals surface area contributed by atoms with Crippen molar-refractivity contribution < 1.29 is 34.1 Å². The van der Waals surface area contributed by atoms with Crippen LogP contribution in [0.2, 0.25) is 0 Å². The maximum absolute atomic E-state index is 12.5. The average Bonchev–Trinajstić information content (AvgIpc) is 2.90. The number of rotatable bonds is 11. The molecule has 3 amide bonds. The Kier molecular flexibility index (Phi) is 12.0. The number of hydrogen-bond donors (Lipinski definition) is 5. The normalized spacial score (nSPS) is 9.92. The summed E-state index contributed by atoms with van der Waals surface area (Å²) in [5, 5.41) is 26.3. The van der Waals surface area contributed by atoms with Gasteiger partial charge in [0.15, 0.2) is 0 Å². The molecule has 3 aromatic carbocycles. The van der Waals surface area contributed by atoms with E-state index < -0.39 is 11.9 Å². The first-order valence-corrected chi connectivity index (χ1v) is 12.5. The predicted octanol–water partition coefficient (Wildman–Crippen LogP) is 5.79. The lowest BCUT2D eigenvalue weighted by Gasteiger charge is -2.12. The minimum atomic E-state index is -1.20. The van der Waals surface area contributed by atoms with Crippen molar-refractivity contribution in [2.45, 2.75) is 40.0 Å². The van der Waals surface area contributed by atoms with Gasteiger partial charge in [0.1, 0.15) is 11.3 Å². The molecule has 39 heavy (non-hydrogen) atoms. The van der Waals surface area contributed by atoms with Gasteiger partial charge in [0, 0.05) is 29.5 Å². The standard InChI is InChI=1S/C27H27N3O7.C2H6/c1-17-5-2-3-6-22(17)30-27(36)29-19-10-8-18(9-11-19)15-24(31)28-20-12-13-21(26(34)35)23(16-20)37-14-4-7-25(32)33;1-2/h2-3,5-6,8-13,16H,4,7,14-15H2,1H3,(H,28,31)(H,32,33)(H,34,35)(H2,29,30,36);1-2H3. The fourth-order valence-corrected chi connectivity index (χ4v) is 3.40. The summed E-state index contributed by atoms with van der Waals surface area (Å²) in [5.74, 6) is -2.47. The highest BCUT2D eigenvalue weighted by molar-refractivity contribution is 6.00. The SMILES string of the molecule is CC.Cc1ccccc1NC(=O)Nc1ccc(CC(=O)Nc2ccc(C(=O)O)c(OCCCC(=O)O)c2)cc1. The largest absolute Gasteiger partial charge is 0.493 e. The average molecular weight is 536 g/mol. The van der Waals surface area contributed by atoms with E-state index in [0.717, 1.165) is 5.56 Å². The lowest BCUT2D eigenvalue weighted by molar-refractivity contribution is -0.137. The molecule has 206 valence electrons. The Hall–Kier alpha value is -4.86. The maximum Gasteiger partial charge on any atom is 0.339 e. The summed E-state index contributed by atoms with van der Waals surface area (Å²) >= 11 is 0. The van der Waals surface area contributed by atoms with Crippen LogP contribution in [0.3, 0.4) is 0 Å². The lowest BCUT2D eigenvalue weighted by atomic mass is 10.1. The van der Waals surface area contributed by atoms with Crippen LogP contribution in [-0.2, 0) is 16.0 Å². The van der Waals surface area contributed by atoms with Crippen molar-refractivity contribution in [1.29, 1.82) is 0 Å². The fourth-order valence-electron chi connectivity index (χ4n) is 3.40. The van der Waals surface area contributed by atoms with E-state index in [-0.39, 0.29) is 49.1 Å². The number of anilines is 3. The second-order valence-electron chi connectivity index (χ2n) is 8.18. The highest BCUT2D eigenvalue weighted by atomic mass is 16.5. The zero-order valence-electron chi connectivity index (χ0n) is 22.1. The van der Waals surface area contributed by atoms with E-state index in [1.54, 1.807) is 30.3 Å². The van der Waals surface area contributed by atoms with E-state index >= 15 is 0 Å². The molecule has 0 saturated heterocycles. The Morgan fingerprint density at radius 1 is 0.821 bits per heavy atom. The van der Waals surface area contributed by atoms with Crippen LogP contribution >= 0.6 is 0 Å². The van der Waals surface area contributed by atoms with Crippen LogP contribution in [0, 0.1) is 6.92 Å². The highest BCUT2D eigenvalue weighted by Gasteiger charge is 2.14. The van der Waals surface area contributed by atoms with Gasteiger partial charge in [-0.1, -0.05) is 44.2 Å². The Balaban J connectivity index is 0.00000260.